The number of thiazole rings is 1. The number of carbonyl (C=O) groups excluding carboxylic acids is 1. The summed E-state index contributed by atoms with van der Waals surface area (Å²) >= 11 is 9.12. The Kier molecular flexibility index (Phi) is 7.38. The van der Waals surface area contributed by atoms with Crippen molar-refractivity contribution in [3.05, 3.63) is 67.8 Å². The molecule has 1 aromatic carbocycles. The number of hydrogen-bond acceptors (Lipinski definition) is 6. The van der Waals surface area contributed by atoms with Crippen LogP contribution in [0, 0.1) is 5.92 Å². The van der Waals surface area contributed by atoms with Crippen molar-refractivity contribution in [2.75, 3.05) is 19.6 Å². The average Bonchev–Trinajstić information content (AvgIpc) is 3.44. The summed E-state index contributed by atoms with van der Waals surface area (Å²) in [5.74, 6) is 1.10. The molecular weight excluding hydrogens is 438 g/mol. The molecule has 0 radical (unpaired) electrons. The molecule has 1 aliphatic rings. The Morgan fingerprint density at radius 3 is 2.93 bits per heavy atom. The van der Waals surface area contributed by atoms with Gasteiger partial charge in [0.15, 0.2) is 0 Å². The quantitative estimate of drug-likeness (QED) is 0.508. The van der Waals surface area contributed by atoms with E-state index in [2.05, 4.69) is 32.7 Å². The van der Waals surface area contributed by atoms with Crippen molar-refractivity contribution < 1.29 is 9.53 Å². The van der Waals surface area contributed by atoms with E-state index in [1.807, 2.05) is 12.1 Å². The molecule has 0 spiro atoms. The van der Waals surface area contributed by atoms with E-state index in [1.54, 1.807) is 28.8 Å². The maximum Gasteiger partial charge on any atom is 0.270 e. The van der Waals surface area contributed by atoms with Crippen LogP contribution in [0.5, 0.6) is 5.75 Å². The maximum absolute atomic E-state index is 12.5. The molecule has 1 unspecified atom stereocenters. The van der Waals surface area contributed by atoms with Crippen molar-refractivity contribution in [1.29, 1.82) is 0 Å². The third kappa shape index (κ3) is 6.04. The van der Waals surface area contributed by atoms with Crippen molar-refractivity contribution in [2.45, 2.75) is 26.0 Å². The van der Waals surface area contributed by atoms with E-state index in [0.717, 1.165) is 36.8 Å². The summed E-state index contributed by atoms with van der Waals surface area (Å²) in [4.78, 5) is 20.8. The highest BCUT2D eigenvalue weighted by molar-refractivity contribution is 7.10. The number of thiophene rings is 1. The molecular formula is C22H24ClN3O2S2. The monoisotopic (exact) mass is 461 g/mol. The van der Waals surface area contributed by atoms with E-state index in [0.29, 0.717) is 29.8 Å². The molecule has 0 bridgehead atoms. The van der Waals surface area contributed by atoms with Crippen LogP contribution in [-0.2, 0) is 13.2 Å². The SMILES string of the molecule is O=C(NCC1CCCN(Cc2cccs2)C1)c1csc(COc2ccc(Cl)cc2)n1. The van der Waals surface area contributed by atoms with Gasteiger partial charge in [0, 0.05) is 34.9 Å². The summed E-state index contributed by atoms with van der Waals surface area (Å²) < 4.78 is 5.70. The molecule has 1 amide bonds. The first-order valence-corrected chi connectivity index (χ1v) is 12.1. The van der Waals surface area contributed by atoms with E-state index < -0.39 is 0 Å². The normalized spacial score (nSPS) is 17.0. The Morgan fingerprint density at radius 1 is 1.27 bits per heavy atom. The largest absolute Gasteiger partial charge is 0.486 e. The average molecular weight is 462 g/mol. The molecule has 1 aliphatic heterocycles. The molecule has 0 saturated carbocycles. The van der Waals surface area contributed by atoms with Crippen molar-refractivity contribution >= 4 is 40.2 Å². The molecule has 5 nitrogen and oxygen atoms in total. The second-order valence-corrected chi connectivity index (χ2v) is 9.81. The topological polar surface area (TPSA) is 54.5 Å². The molecule has 1 atom stereocenters. The van der Waals surface area contributed by atoms with Gasteiger partial charge in [0.05, 0.1) is 0 Å². The third-order valence-electron chi connectivity index (χ3n) is 5.07. The number of benzene rings is 1. The summed E-state index contributed by atoms with van der Waals surface area (Å²) in [6.07, 6.45) is 2.33. The lowest BCUT2D eigenvalue weighted by molar-refractivity contribution is 0.0926. The molecule has 1 saturated heterocycles. The lowest BCUT2D eigenvalue weighted by Crippen LogP contribution is -2.40. The van der Waals surface area contributed by atoms with E-state index in [9.17, 15) is 4.79 Å². The molecule has 4 rings (SSSR count). The van der Waals surface area contributed by atoms with E-state index in [4.69, 9.17) is 16.3 Å². The minimum Gasteiger partial charge on any atom is -0.486 e. The highest BCUT2D eigenvalue weighted by atomic mass is 35.5. The summed E-state index contributed by atoms with van der Waals surface area (Å²) in [6, 6.07) is 11.5. The molecule has 1 N–H and O–H groups in total. The number of rotatable bonds is 8. The number of nitrogens with one attached hydrogen (secondary N) is 1. The zero-order chi connectivity index (χ0) is 20.8. The number of amides is 1. The van der Waals surface area contributed by atoms with Crippen LogP contribution >= 0.6 is 34.3 Å². The van der Waals surface area contributed by atoms with E-state index in [-0.39, 0.29) is 5.91 Å². The van der Waals surface area contributed by atoms with Gasteiger partial charge < -0.3 is 10.1 Å². The van der Waals surface area contributed by atoms with Crippen LogP contribution in [-0.4, -0.2) is 35.4 Å². The highest BCUT2D eigenvalue weighted by Gasteiger charge is 2.21. The smallest absolute Gasteiger partial charge is 0.270 e. The van der Waals surface area contributed by atoms with Gasteiger partial charge in [-0.2, -0.15) is 0 Å². The van der Waals surface area contributed by atoms with Crippen molar-refractivity contribution in [3.8, 4) is 5.75 Å². The number of aromatic nitrogens is 1. The second-order valence-electron chi connectivity index (χ2n) is 7.40. The molecule has 1 fully saturated rings. The molecule has 30 heavy (non-hydrogen) atoms. The number of carbonyl (C=O) groups is 1. The Labute approximate surface area is 189 Å². The van der Waals surface area contributed by atoms with E-state index >= 15 is 0 Å². The fourth-order valence-electron chi connectivity index (χ4n) is 3.57. The Hall–Kier alpha value is -1.93. The summed E-state index contributed by atoms with van der Waals surface area (Å²) in [5.41, 5.74) is 0.459. The zero-order valence-corrected chi connectivity index (χ0v) is 18.9. The number of piperidine rings is 1. The Bertz CT molecular complexity index is 944. The van der Waals surface area contributed by atoms with Gasteiger partial charge >= 0.3 is 0 Å². The first-order chi connectivity index (χ1) is 14.7. The van der Waals surface area contributed by atoms with Gasteiger partial charge in [0.2, 0.25) is 0 Å². The van der Waals surface area contributed by atoms with Gasteiger partial charge in [-0.25, -0.2) is 4.98 Å². The van der Waals surface area contributed by atoms with Gasteiger partial charge in [0.25, 0.3) is 5.91 Å². The summed E-state index contributed by atoms with van der Waals surface area (Å²) in [7, 11) is 0. The van der Waals surface area contributed by atoms with Crippen LogP contribution in [0.15, 0.2) is 47.2 Å². The van der Waals surface area contributed by atoms with Crippen LogP contribution in [0.4, 0.5) is 0 Å². The van der Waals surface area contributed by atoms with Gasteiger partial charge in [-0.1, -0.05) is 17.7 Å². The molecule has 2 aromatic heterocycles. The minimum absolute atomic E-state index is 0.112. The highest BCUT2D eigenvalue weighted by Crippen LogP contribution is 2.21. The lowest BCUT2D eigenvalue weighted by Gasteiger charge is -2.32. The standard InChI is InChI=1S/C22H24ClN3O2S2/c23-17-5-7-18(8-6-17)28-14-21-25-20(15-30-21)22(27)24-11-16-3-1-9-26(12-16)13-19-4-2-10-29-19/h2,4-8,10,15-16H,1,3,9,11-14H2,(H,24,27). The number of halogens is 1. The molecule has 0 aliphatic carbocycles. The van der Waals surface area contributed by atoms with Crippen LogP contribution in [0.25, 0.3) is 0 Å². The molecule has 8 heteroatoms. The Morgan fingerprint density at radius 2 is 2.13 bits per heavy atom. The fraction of sp³-hybridized carbons (Fsp3) is 0.364. The van der Waals surface area contributed by atoms with Crippen molar-refractivity contribution in [3.63, 3.8) is 0 Å². The van der Waals surface area contributed by atoms with Crippen molar-refractivity contribution in [1.82, 2.24) is 15.2 Å². The van der Waals surface area contributed by atoms with E-state index in [1.165, 1.54) is 22.6 Å². The van der Waals surface area contributed by atoms with Crippen LogP contribution < -0.4 is 10.1 Å². The number of likely N-dealkylation sites (tertiary alicyclic amines) is 1. The summed E-state index contributed by atoms with van der Waals surface area (Å²) in [5, 5.41) is 8.43. The van der Waals surface area contributed by atoms with Gasteiger partial charge in [0.1, 0.15) is 23.1 Å². The van der Waals surface area contributed by atoms with Gasteiger partial charge in [-0.15, -0.1) is 22.7 Å². The molecule has 3 heterocycles. The second kappa shape index (κ2) is 10.4. The minimum atomic E-state index is -0.112. The van der Waals surface area contributed by atoms with Crippen molar-refractivity contribution in [2.24, 2.45) is 5.92 Å². The first-order valence-electron chi connectivity index (χ1n) is 10.0. The predicted octanol–water partition coefficient (Wildman–Crippen LogP) is 5.08. The molecule has 158 valence electrons. The first kappa shape index (κ1) is 21.3. The number of hydrogen-bond donors (Lipinski definition) is 1. The Balaban J connectivity index is 1.22. The van der Waals surface area contributed by atoms with Gasteiger partial charge in [-0.3, -0.25) is 9.69 Å². The zero-order valence-electron chi connectivity index (χ0n) is 16.6. The molecule has 3 aromatic rings. The predicted molar refractivity (Wildman–Crippen MR) is 123 cm³/mol. The number of nitrogens with zero attached hydrogens (tertiary/aromatic N) is 2. The fourth-order valence-corrected chi connectivity index (χ4v) is 5.13. The lowest BCUT2D eigenvalue weighted by atomic mass is 9.98. The van der Waals surface area contributed by atoms with Crippen LogP contribution in [0.3, 0.4) is 0 Å². The number of ether oxygens (including phenoxy) is 1. The van der Waals surface area contributed by atoms with Crippen LogP contribution in [0.2, 0.25) is 5.02 Å². The summed E-state index contributed by atoms with van der Waals surface area (Å²) in [6.45, 7) is 4.18. The van der Waals surface area contributed by atoms with Crippen LogP contribution in [0.1, 0.15) is 33.2 Å². The maximum atomic E-state index is 12.5. The van der Waals surface area contributed by atoms with Gasteiger partial charge in [-0.05, 0) is 61.0 Å². The third-order valence-corrected chi connectivity index (χ3v) is 7.01.